The molecule has 0 bridgehead atoms. The van der Waals surface area contributed by atoms with E-state index in [1.54, 1.807) is 6.26 Å². The van der Waals surface area contributed by atoms with E-state index in [0.29, 0.717) is 0 Å². The number of hydrogen-bond donors (Lipinski definition) is 0. The fourth-order valence-corrected chi connectivity index (χ4v) is 0.879. The van der Waals surface area contributed by atoms with Gasteiger partial charge in [-0.3, -0.25) is 4.79 Å². The molecule has 0 saturated heterocycles. The molecule has 1 heterocycles. The van der Waals surface area contributed by atoms with Crippen LogP contribution in [-0.4, -0.2) is 5.97 Å². The van der Waals surface area contributed by atoms with Gasteiger partial charge in [-0.25, -0.2) is 0 Å². The lowest BCUT2D eigenvalue weighted by Crippen LogP contribution is -2.06. The van der Waals surface area contributed by atoms with Crippen molar-refractivity contribution in [2.24, 2.45) is 5.92 Å². The van der Waals surface area contributed by atoms with Crippen LogP contribution in [0.5, 0.6) is 0 Å². The van der Waals surface area contributed by atoms with Gasteiger partial charge in [0.15, 0.2) is 0 Å². The number of ether oxygens (including phenoxy) is 1. The van der Waals surface area contributed by atoms with Crippen LogP contribution in [0.25, 0.3) is 0 Å². The van der Waals surface area contributed by atoms with Gasteiger partial charge in [-0.15, -0.1) is 0 Å². The molecule has 1 aliphatic rings. The van der Waals surface area contributed by atoms with Gasteiger partial charge in [0.1, 0.15) is 0 Å². The molecule has 2 heteroatoms. The van der Waals surface area contributed by atoms with Crippen LogP contribution >= 0.6 is 0 Å². The van der Waals surface area contributed by atoms with Crippen LogP contribution < -0.4 is 0 Å². The fraction of sp³-hybridized carbons (Fsp3) is 0.571. The molecule has 50 valence electrons. The second-order valence-corrected chi connectivity index (χ2v) is 2.20. The molecule has 1 atom stereocenters. The maximum Gasteiger partial charge on any atom is 0.317 e. The third kappa shape index (κ3) is 0.969. The average Bonchev–Trinajstić information content (AvgIpc) is 2.15. The number of carbonyl (C=O) groups is 1. The lowest BCUT2D eigenvalue weighted by Gasteiger charge is -1.98. The van der Waals surface area contributed by atoms with Crippen molar-refractivity contribution in [1.29, 1.82) is 0 Å². The maximum atomic E-state index is 10.7. The van der Waals surface area contributed by atoms with Gasteiger partial charge in [-0.1, -0.05) is 6.92 Å². The Balaban J connectivity index is 2.66. The highest BCUT2D eigenvalue weighted by Gasteiger charge is 2.23. The Kier molecular flexibility index (Phi) is 1.56. The van der Waals surface area contributed by atoms with E-state index in [1.807, 2.05) is 13.8 Å². The second-order valence-electron chi connectivity index (χ2n) is 2.20. The molecule has 2 nitrogen and oxygen atoms in total. The summed E-state index contributed by atoms with van der Waals surface area (Å²) in [5.74, 6) is -0.123. The Morgan fingerprint density at radius 2 is 2.44 bits per heavy atom. The van der Waals surface area contributed by atoms with E-state index in [9.17, 15) is 4.79 Å². The summed E-state index contributed by atoms with van der Waals surface area (Å²) >= 11 is 0. The molecule has 0 amide bonds. The molecule has 0 aliphatic carbocycles. The molecular weight excluding hydrogens is 116 g/mol. The van der Waals surface area contributed by atoms with Crippen molar-refractivity contribution in [3.63, 3.8) is 0 Å². The molecule has 1 unspecified atom stereocenters. The van der Waals surface area contributed by atoms with Crippen molar-refractivity contribution in [1.82, 2.24) is 0 Å². The molecule has 0 radical (unpaired) electrons. The normalized spacial score (nSPS) is 25.8. The molecule has 9 heavy (non-hydrogen) atoms. The zero-order valence-electron chi connectivity index (χ0n) is 5.68. The lowest BCUT2D eigenvalue weighted by molar-refractivity contribution is -0.138. The third-order valence-corrected chi connectivity index (χ3v) is 1.64. The minimum absolute atomic E-state index is 0.00463. The molecule has 0 fully saturated rings. The Morgan fingerprint density at radius 1 is 1.78 bits per heavy atom. The summed E-state index contributed by atoms with van der Waals surface area (Å²) in [6, 6.07) is 0. The summed E-state index contributed by atoms with van der Waals surface area (Å²) in [5, 5.41) is 0. The fourth-order valence-electron chi connectivity index (χ4n) is 0.879. The summed E-state index contributed by atoms with van der Waals surface area (Å²) in [4.78, 5) is 10.7. The van der Waals surface area contributed by atoms with Crippen LogP contribution in [0.4, 0.5) is 0 Å². The van der Waals surface area contributed by atoms with Gasteiger partial charge in [0, 0.05) is 0 Å². The standard InChI is InChI=1S/C7H10O2/c1-3-6-4-9-7(8)5(6)2/h4-5H,3H2,1-2H3. The molecule has 1 aliphatic heterocycles. The molecule has 0 spiro atoms. The van der Waals surface area contributed by atoms with E-state index >= 15 is 0 Å². The van der Waals surface area contributed by atoms with E-state index in [4.69, 9.17) is 0 Å². The van der Waals surface area contributed by atoms with Gasteiger partial charge < -0.3 is 4.74 Å². The first kappa shape index (κ1) is 6.33. The van der Waals surface area contributed by atoms with Gasteiger partial charge in [-0.05, 0) is 18.9 Å². The monoisotopic (exact) mass is 126 g/mol. The summed E-state index contributed by atoms with van der Waals surface area (Å²) in [6.07, 6.45) is 2.47. The van der Waals surface area contributed by atoms with Gasteiger partial charge in [0.25, 0.3) is 0 Å². The van der Waals surface area contributed by atoms with Crippen molar-refractivity contribution in [2.75, 3.05) is 0 Å². The van der Waals surface area contributed by atoms with E-state index in [2.05, 4.69) is 4.74 Å². The summed E-state index contributed by atoms with van der Waals surface area (Å²) < 4.78 is 4.67. The Labute approximate surface area is 54.5 Å². The SMILES string of the molecule is CCC1=COC(=O)C1C. The lowest BCUT2D eigenvalue weighted by atomic mass is 10.0. The predicted octanol–water partition coefficient (Wildman–Crippen LogP) is 1.47. The highest BCUT2D eigenvalue weighted by atomic mass is 16.5. The first-order valence-electron chi connectivity index (χ1n) is 3.15. The second kappa shape index (κ2) is 2.21. The van der Waals surface area contributed by atoms with Crippen LogP contribution in [0.2, 0.25) is 0 Å². The summed E-state index contributed by atoms with van der Waals surface area (Å²) in [5.41, 5.74) is 1.10. The van der Waals surface area contributed by atoms with E-state index in [1.165, 1.54) is 0 Å². The molecule has 1 rings (SSSR count). The highest BCUT2D eigenvalue weighted by molar-refractivity contribution is 5.78. The largest absolute Gasteiger partial charge is 0.434 e. The number of rotatable bonds is 1. The van der Waals surface area contributed by atoms with Crippen LogP contribution in [0.1, 0.15) is 20.3 Å². The Morgan fingerprint density at radius 3 is 2.67 bits per heavy atom. The van der Waals surface area contributed by atoms with E-state index < -0.39 is 0 Å². The van der Waals surface area contributed by atoms with Crippen molar-refractivity contribution < 1.29 is 9.53 Å². The highest BCUT2D eigenvalue weighted by Crippen LogP contribution is 2.21. The van der Waals surface area contributed by atoms with E-state index in [0.717, 1.165) is 12.0 Å². The molecule has 0 aromatic carbocycles. The third-order valence-electron chi connectivity index (χ3n) is 1.64. The average molecular weight is 126 g/mol. The molecule has 0 aromatic heterocycles. The van der Waals surface area contributed by atoms with Gasteiger partial charge in [-0.2, -0.15) is 0 Å². The molecule has 0 N–H and O–H groups in total. The number of hydrogen-bond acceptors (Lipinski definition) is 2. The smallest absolute Gasteiger partial charge is 0.317 e. The molecular formula is C7H10O2. The van der Waals surface area contributed by atoms with Crippen molar-refractivity contribution in [3.05, 3.63) is 11.8 Å². The van der Waals surface area contributed by atoms with Crippen molar-refractivity contribution in [3.8, 4) is 0 Å². The summed E-state index contributed by atoms with van der Waals surface area (Å²) in [6.45, 7) is 3.88. The Hall–Kier alpha value is -0.790. The predicted molar refractivity (Wildman–Crippen MR) is 33.6 cm³/mol. The number of esters is 1. The zero-order chi connectivity index (χ0) is 6.85. The van der Waals surface area contributed by atoms with Crippen LogP contribution in [-0.2, 0) is 9.53 Å². The van der Waals surface area contributed by atoms with Crippen LogP contribution in [0.15, 0.2) is 11.8 Å². The van der Waals surface area contributed by atoms with Gasteiger partial charge >= 0.3 is 5.97 Å². The van der Waals surface area contributed by atoms with Crippen molar-refractivity contribution in [2.45, 2.75) is 20.3 Å². The zero-order valence-corrected chi connectivity index (χ0v) is 5.68. The maximum absolute atomic E-state index is 10.7. The summed E-state index contributed by atoms with van der Waals surface area (Å²) in [7, 11) is 0. The van der Waals surface area contributed by atoms with Gasteiger partial charge in [0.05, 0.1) is 12.2 Å². The van der Waals surface area contributed by atoms with Crippen molar-refractivity contribution >= 4 is 5.97 Å². The minimum Gasteiger partial charge on any atom is -0.434 e. The topological polar surface area (TPSA) is 26.3 Å². The van der Waals surface area contributed by atoms with Gasteiger partial charge in [0.2, 0.25) is 0 Å². The quantitative estimate of drug-likeness (QED) is 0.497. The molecule has 0 aromatic rings. The van der Waals surface area contributed by atoms with Crippen LogP contribution in [0, 0.1) is 5.92 Å². The number of carbonyl (C=O) groups excluding carboxylic acids is 1. The first-order chi connectivity index (χ1) is 4.25. The molecule has 0 saturated carbocycles. The van der Waals surface area contributed by atoms with E-state index in [-0.39, 0.29) is 11.9 Å². The number of cyclic esters (lactones) is 1. The minimum atomic E-state index is -0.119. The first-order valence-corrected chi connectivity index (χ1v) is 3.15. The Bertz CT molecular complexity index is 158. The van der Waals surface area contributed by atoms with Crippen LogP contribution in [0.3, 0.4) is 0 Å².